The minimum Gasteiger partial charge on any atom is -0.347 e. The van der Waals surface area contributed by atoms with E-state index in [9.17, 15) is 9.59 Å². The highest BCUT2D eigenvalue weighted by atomic mass is 32.2. The van der Waals surface area contributed by atoms with Gasteiger partial charge in [0.2, 0.25) is 11.8 Å². The van der Waals surface area contributed by atoms with Gasteiger partial charge >= 0.3 is 0 Å². The molecule has 1 aliphatic rings. The predicted octanol–water partition coefficient (Wildman–Crippen LogP) is 1.80. The molecule has 1 saturated heterocycles. The van der Waals surface area contributed by atoms with Crippen LogP contribution in [0.15, 0.2) is 16.8 Å². The largest absolute Gasteiger partial charge is 0.347 e. The van der Waals surface area contributed by atoms with E-state index in [1.807, 2.05) is 16.8 Å². The number of thioether (sulfide) groups is 1. The number of likely N-dealkylation sites (N-methyl/N-ethyl adjacent to an activating group) is 1. The van der Waals surface area contributed by atoms with Crippen molar-refractivity contribution < 1.29 is 9.59 Å². The van der Waals surface area contributed by atoms with Gasteiger partial charge in [0, 0.05) is 14.1 Å². The first-order chi connectivity index (χ1) is 8.52. The molecule has 18 heavy (non-hydrogen) atoms. The molecule has 2 amide bonds. The van der Waals surface area contributed by atoms with Crippen LogP contribution in [0.1, 0.15) is 17.9 Å². The fraction of sp³-hybridized carbons (Fsp3) is 0.500. The Kier molecular flexibility index (Phi) is 3.97. The van der Waals surface area contributed by atoms with Crippen LogP contribution in [0.4, 0.5) is 0 Å². The lowest BCUT2D eigenvalue weighted by Crippen LogP contribution is -2.46. The summed E-state index contributed by atoms with van der Waals surface area (Å²) in [5.74, 6) is 0.455. The molecule has 0 radical (unpaired) electrons. The van der Waals surface area contributed by atoms with E-state index < -0.39 is 6.04 Å². The van der Waals surface area contributed by atoms with E-state index >= 15 is 0 Å². The topological polar surface area (TPSA) is 40.6 Å². The van der Waals surface area contributed by atoms with Gasteiger partial charge in [-0.3, -0.25) is 9.59 Å². The molecule has 0 aromatic carbocycles. The average Bonchev–Trinajstić information content (AvgIpc) is 2.95. The number of carbonyl (C=O) groups excluding carboxylic acids is 2. The van der Waals surface area contributed by atoms with Crippen LogP contribution in [0.2, 0.25) is 0 Å². The van der Waals surface area contributed by atoms with Gasteiger partial charge in [-0.2, -0.15) is 11.3 Å². The number of rotatable bonds is 3. The van der Waals surface area contributed by atoms with Crippen LogP contribution in [-0.2, 0) is 9.59 Å². The maximum atomic E-state index is 12.0. The molecule has 1 aromatic rings. The van der Waals surface area contributed by atoms with E-state index in [1.165, 1.54) is 4.90 Å². The third-order valence-corrected chi connectivity index (χ3v) is 4.88. The first-order valence-corrected chi connectivity index (χ1v) is 7.67. The van der Waals surface area contributed by atoms with Gasteiger partial charge in [-0.05, 0) is 29.3 Å². The zero-order valence-electron chi connectivity index (χ0n) is 10.6. The molecule has 6 heteroatoms. The van der Waals surface area contributed by atoms with E-state index in [4.69, 9.17) is 0 Å². The number of hydrogen-bond donors (Lipinski definition) is 0. The Morgan fingerprint density at radius 2 is 2.28 bits per heavy atom. The van der Waals surface area contributed by atoms with Crippen molar-refractivity contribution in [1.82, 2.24) is 9.80 Å². The molecule has 1 aliphatic heterocycles. The number of nitrogens with zero attached hydrogens (tertiary/aromatic N) is 2. The lowest BCUT2D eigenvalue weighted by molar-refractivity contribution is -0.142. The predicted molar refractivity (Wildman–Crippen MR) is 74.5 cm³/mol. The van der Waals surface area contributed by atoms with Crippen LogP contribution in [0, 0.1) is 0 Å². The molecular formula is C12H16N2O2S2. The lowest BCUT2D eigenvalue weighted by atomic mass is 10.2. The summed E-state index contributed by atoms with van der Waals surface area (Å²) >= 11 is 3.20. The highest BCUT2D eigenvalue weighted by molar-refractivity contribution is 8.00. The van der Waals surface area contributed by atoms with Crippen LogP contribution in [0.5, 0.6) is 0 Å². The minimum absolute atomic E-state index is 0.0253. The molecule has 0 saturated carbocycles. The van der Waals surface area contributed by atoms with E-state index in [0.29, 0.717) is 5.75 Å². The van der Waals surface area contributed by atoms with Crippen molar-refractivity contribution in [2.24, 2.45) is 0 Å². The van der Waals surface area contributed by atoms with Crippen molar-refractivity contribution in [2.45, 2.75) is 18.3 Å². The van der Waals surface area contributed by atoms with Crippen LogP contribution < -0.4 is 0 Å². The van der Waals surface area contributed by atoms with Crippen molar-refractivity contribution >= 4 is 34.9 Å². The summed E-state index contributed by atoms with van der Waals surface area (Å²) in [6, 6.07) is 1.60. The second-order valence-electron chi connectivity index (χ2n) is 4.43. The molecule has 2 rings (SSSR count). The Morgan fingerprint density at radius 1 is 1.56 bits per heavy atom. The van der Waals surface area contributed by atoms with E-state index in [2.05, 4.69) is 0 Å². The number of thiophene rings is 1. The van der Waals surface area contributed by atoms with Gasteiger partial charge in [0.1, 0.15) is 11.4 Å². The van der Waals surface area contributed by atoms with Crippen molar-refractivity contribution in [2.75, 3.05) is 19.8 Å². The summed E-state index contributed by atoms with van der Waals surface area (Å²) in [7, 11) is 3.43. The maximum Gasteiger partial charge on any atom is 0.244 e. The van der Waals surface area contributed by atoms with Crippen molar-refractivity contribution in [3.05, 3.63) is 22.4 Å². The fourth-order valence-corrected chi connectivity index (χ4v) is 4.03. The molecule has 0 aliphatic carbocycles. The van der Waals surface area contributed by atoms with Crippen LogP contribution >= 0.6 is 23.1 Å². The molecule has 2 heterocycles. The molecule has 98 valence electrons. The quantitative estimate of drug-likeness (QED) is 0.850. The number of carbonyl (C=O) groups is 2. The van der Waals surface area contributed by atoms with Crippen LogP contribution in [0.25, 0.3) is 0 Å². The van der Waals surface area contributed by atoms with Crippen LogP contribution in [0.3, 0.4) is 0 Å². The Balaban J connectivity index is 2.23. The standard InChI is InChI=1S/C12H16N2O2S2/c1-8(11(16)13(2)3)14-10(15)7-18-12(14)9-4-5-17-6-9/h4-6,8,12H,7H2,1-3H3/t8-,12+/m1/s1. The van der Waals surface area contributed by atoms with Gasteiger partial charge in [0.25, 0.3) is 0 Å². The van der Waals surface area contributed by atoms with E-state index in [1.54, 1.807) is 49.0 Å². The molecular weight excluding hydrogens is 268 g/mol. The maximum absolute atomic E-state index is 12.0. The summed E-state index contributed by atoms with van der Waals surface area (Å²) in [5, 5.41) is 4.01. The van der Waals surface area contributed by atoms with Gasteiger partial charge in [0.05, 0.1) is 5.75 Å². The molecule has 0 N–H and O–H groups in total. The smallest absolute Gasteiger partial charge is 0.244 e. The first kappa shape index (κ1) is 13.4. The van der Waals surface area contributed by atoms with Gasteiger partial charge in [-0.25, -0.2) is 0 Å². The Morgan fingerprint density at radius 3 is 2.83 bits per heavy atom. The molecule has 1 fully saturated rings. The van der Waals surface area contributed by atoms with Crippen molar-refractivity contribution in [1.29, 1.82) is 0 Å². The zero-order chi connectivity index (χ0) is 13.3. The summed E-state index contributed by atoms with van der Waals surface area (Å²) in [6.45, 7) is 1.80. The van der Waals surface area contributed by atoms with Crippen molar-refractivity contribution in [3.63, 3.8) is 0 Å². The van der Waals surface area contributed by atoms with Crippen LogP contribution in [-0.4, -0.2) is 47.5 Å². The van der Waals surface area contributed by atoms with Gasteiger partial charge in [-0.15, -0.1) is 11.8 Å². The van der Waals surface area contributed by atoms with Gasteiger partial charge < -0.3 is 9.80 Å². The third kappa shape index (κ3) is 2.40. The first-order valence-electron chi connectivity index (χ1n) is 5.68. The van der Waals surface area contributed by atoms with Gasteiger partial charge in [-0.1, -0.05) is 0 Å². The molecule has 0 bridgehead atoms. The highest BCUT2D eigenvalue weighted by Gasteiger charge is 2.39. The second-order valence-corrected chi connectivity index (χ2v) is 6.28. The van der Waals surface area contributed by atoms with Crippen molar-refractivity contribution in [3.8, 4) is 0 Å². The Hall–Kier alpha value is -1.01. The Labute approximate surface area is 115 Å². The summed E-state index contributed by atoms with van der Waals surface area (Å²) < 4.78 is 0. The minimum atomic E-state index is -0.410. The SMILES string of the molecule is C[C@H](C(=O)N(C)C)N1C(=O)CS[C@H]1c1ccsc1. The summed E-state index contributed by atoms with van der Waals surface area (Å²) in [4.78, 5) is 27.2. The molecule has 0 unspecified atom stereocenters. The average molecular weight is 284 g/mol. The molecule has 4 nitrogen and oxygen atoms in total. The molecule has 2 atom stereocenters. The number of amides is 2. The highest BCUT2D eigenvalue weighted by Crippen LogP contribution is 2.40. The summed E-state index contributed by atoms with van der Waals surface area (Å²) in [5.41, 5.74) is 1.11. The van der Waals surface area contributed by atoms with E-state index in [0.717, 1.165) is 5.56 Å². The molecule has 0 spiro atoms. The Bertz CT molecular complexity index is 445. The zero-order valence-corrected chi connectivity index (χ0v) is 12.3. The van der Waals surface area contributed by atoms with E-state index in [-0.39, 0.29) is 17.2 Å². The lowest BCUT2D eigenvalue weighted by Gasteiger charge is -2.30. The number of hydrogen-bond acceptors (Lipinski definition) is 4. The fourth-order valence-electron chi connectivity index (χ4n) is 2.02. The monoisotopic (exact) mass is 284 g/mol. The normalized spacial score (nSPS) is 21.2. The summed E-state index contributed by atoms with van der Waals surface area (Å²) in [6.07, 6.45) is 0. The van der Waals surface area contributed by atoms with Gasteiger partial charge in [0.15, 0.2) is 0 Å². The second kappa shape index (κ2) is 5.32. The third-order valence-electron chi connectivity index (χ3n) is 2.95. The molecule has 1 aromatic heterocycles.